The van der Waals surface area contributed by atoms with Gasteiger partial charge in [-0.15, -0.1) is 0 Å². The van der Waals surface area contributed by atoms with E-state index in [1.54, 1.807) is 54.7 Å². The zero-order chi connectivity index (χ0) is 45.6. The lowest BCUT2D eigenvalue weighted by atomic mass is 10.00. The Bertz CT molecular complexity index is 2560. The minimum absolute atomic E-state index is 0. The van der Waals surface area contributed by atoms with Crippen molar-refractivity contribution < 1.29 is 19.2 Å². The van der Waals surface area contributed by atoms with E-state index >= 15 is 0 Å². The van der Waals surface area contributed by atoms with Crippen molar-refractivity contribution in [1.29, 1.82) is 0 Å². The van der Waals surface area contributed by atoms with Crippen LogP contribution in [0.25, 0.3) is 0 Å². The van der Waals surface area contributed by atoms with E-state index in [4.69, 9.17) is 28.9 Å². The van der Waals surface area contributed by atoms with Crippen LogP contribution in [0.4, 0.5) is 11.8 Å². The fourth-order valence-electron chi connectivity index (χ4n) is 9.49. The third kappa shape index (κ3) is 10.8. The molecule has 9 rings (SSSR count). The first-order valence-electron chi connectivity index (χ1n) is 22.4. The summed E-state index contributed by atoms with van der Waals surface area (Å²) in [4.78, 5) is 66.1. The van der Waals surface area contributed by atoms with Crippen LogP contribution in [-0.4, -0.2) is 95.8 Å². The summed E-state index contributed by atoms with van der Waals surface area (Å²) in [7, 11) is 3.76. The topological polar surface area (TPSA) is 166 Å². The predicted molar refractivity (Wildman–Crippen MR) is 261 cm³/mol. The second kappa shape index (κ2) is 21.5. The number of amides is 4. The highest BCUT2D eigenvalue weighted by Crippen LogP contribution is 2.35. The molecule has 2 fully saturated rings. The van der Waals surface area contributed by atoms with Crippen LogP contribution in [0.15, 0.2) is 97.2 Å². The number of carbonyl (C=O) groups is 4. The van der Waals surface area contributed by atoms with Gasteiger partial charge < -0.3 is 36.4 Å². The molecule has 0 unspecified atom stereocenters. The fourth-order valence-corrected chi connectivity index (χ4v) is 9.93. The number of fused-ring (bicyclic) bond motifs is 2. The lowest BCUT2D eigenvalue weighted by Crippen LogP contribution is -2.46. The number of piperidine rings is 2. The number of nitrogens with zero attached hydrogens (tertiary/aromatic N) is 5. The Hall–Kier alpha value is -6.02. The second-order valence-electron chi connectivity index (χ2n) is 17.2. The number of nitrogens with two attached hydrogens (primary N) is 1. The molecule has 5 N–H and O–H groups in total. The highest BCUT2D eigenvalue weighted by molar-refractivity contribution is 6.34. The van der Waals surface area contributed by atoms with Gasteiger partial charge >= 0.3 is 0 Å². The summed E-state index contributed by atoms with van der Waals surface area (Å²) < 4.78 is 0. The molecule has 346 valence electrons. The van der Waals surface area contributed by atoms with Crippen LogP contribution in [0.3, 0.4) is 0 Å². The minimum Gasteiger partial charge on any atom is -0.368 e. The third-order valence-corrected chi connectivity index (χ3v) is 13.9. The second-order valence-corrected chi connectivity index (χ2v) is 18.0. The van der Waals surface area contributed by atoms with Crippen LogP contribution in [0.5, 0.6) is 0 Å². The molecule has 5 aromatic rings. The van der Waals surface area contributed by atoms with E-state index in [0.717, 1.165) is 100 Å². The Labute approximate surface area is 397 Å². The predicted octanol–water partition coefficient (Wildman–Crippen LogP) is 8.09. The largest absolute Gasteiger partial charge is 0.368 e. The SMILES string of the molecule is C.CN(C(=O)c1ccc2c(c1)[C@H](NC(=O)c1ccccc1Cl)CC2)C1CCN(c2ccnc(N)n2)CC1.CN(C(=O)c1ccc2c(c1)[C@H](NC(=O)c1ccccc1Cl)CC2)C1CCNCC1. The van der Waals surface area contributed by atoms with Crippen molar-refractivity contribution in [2.45, 2.75) is 83.0 Å². The van der Waals surface area contributed by atoms with Crippen molar-refractivity contribution in [2.24, 2.45) is 0 Å². The zero-order valence-electron chi connectivity index (χ0n) is 36.7. The highest BCUT2D eigenvalue weighted by Gasteiger charge is 2.31. The average molecular weight is 933 g/mol. The zero-order valence-corrected chi connectivity index (χ0v) is 38.2. The maximum Gasteiger partial charge on any atom is 0.253 e. The number of carbonyl (C=O) groups excluding carboxylic acids is 4. The molecule has 0 spiro atoms. The lowest BCUT2D eigenvalue weighted by molar-refractivity contribution is 0.0698. The minimum atomic E-state index is -0.204. The summed E-state index contributed by atoms with van der Waals surface area (Å²) in [6.45, 7) is 3.48. The highest BCUT2D eigenvalue weighted by atomic mass is 35.5. The van der Waals surface area contributed by atoms with E-state index in [2.05, 4.69) is 30.8 Å². The number of benzene rings is 4. The number of anilines is 2. The Kier molecular flexibility index (Phi) is 15.6. The van der Waals surface area contributed by atoms with E-state index < -0.39 is 0 Å². The van der Waals surface area contributed by atoms with Gasteiger partial charge in [-0.05, 0) is 141 Å². The molecular formula is C51H59Cl2N9O4. The molecule has 2 atom stereocenters. The first-order chi connectivity index (χ1) is 31.4. The summed E-state index contributed by atoms with van der Waals surface area (Å²) >= 11 is 12.4. The van der Waals surface area contributed by atoms with Crippen LogP contribution in [0.1, 0.15) is 122 Å². The lowest BCUT2D eigenvalue weighted by Gasteiger charge is -2.37. The number of aryl methyl sites for hydroxylation is 2. The summed E-state index contributed by atoms with van der Waals surface area (Å²) in [6, 6.07) is 27.8. The van der Waals surface area contributed by atoms with Gasteiger partial charge in [0.2, 0.25) is 5.95 Å². The maximum atomic E-state index is 13.4. The van der Waals surface area contributed by atoms with Crippen LogP contribution in [0.2, 0.25) is 10.0 Å². The number of aromatic nitrogens is 2. The monoisotopic (exact) mass is 931 g/mol. The Morgan fingerprint density at radius 2 is 1.14 bits per heavy atom. The van der Waals surface area contributed by atoms with E-state index in [1.165, 1.54) is 5.56 Å². The van der Waals surface area contributed by atoms with E-state index in [9.17, 15) is 19.2 Å². The molecule has 2 aliphatic carbocycles. The maximum absolute atomic E-state index is 13.4. The summed E-state index contributed by atoms with van der Waals surface area (Å²) in [6.07, 6.45) is 8.67. The van der Waals surface area contributed by atoms with E-state index in [1.807, 2.05) is 66.4 Å². The number of nitrogen functional groups attached to an aromatic ring is 1. The number of halogens is 2. The van der Waals surface area contributed by atoms with Crippen molar-refractivity contribution in [3.63, 3.8) is 0 Å². The molecule has 2 saturated heterocycles. The number of nitrogens with one attached hydrogen (secondary N) is 3. The van der Waals surface area contributed by atoms with Crippen LogP contribution in [0, 0.1) is 0 Å². The number of hydrogen-bond donors (Lipinski definition) is 4. The van der Waals surface area contributed by atoms with Crippen LogP contribution < -0.4 is 26.6 Å². The molecule has 4 aromatic carbocycles. The molecule has 2 aliphatic heterocycles. The molecule has 0 bridgehead atoms. The molecule has 1 aromatic heterocycles. The first-order valence-corrected chi connectivity index (χ1v) is 23.2. The van der Waals surface area contributed by atoms with Gasteiger partial charge in [-0.1, -0.05) is 67.0 Å². The summed E-state index contributed by atoms with van der Waals surface area (Å²) in [5, 5.41) is 10.4. The third-order valence-electron chi connectivity index (χ3n) is 13.3. The molecule has 4 aliphatic rings. The van der Waals surface area contributed by atoms with Gasteiger partial charge in [0.1, 0.15) is 5.82 Å². The molecule has 66 heavy (non-hydrogen) atoms. The molecule has 0 radical (unpaired) electrons. The molecule has 0 saturated carbocycles. The van der Waals surface area contributed by atoms with Crippen LogP contribution in [-0.2, 0) is 12.8 Å². The quantitative estimate of drug-likeness (QED) is 0.114. The summed E-state index contributed by atoms with van der Waals surface area (Å²) in [5.41, 5.74) is 12.4. The first kappa shape index (κ1) is 47.9. The average Bonchev–Trinajstić information content (AvgIpc) is 3.93. The van der Waals surface area contributed by atoms with Crippen molar-refractivity contribution in [3.05, 3.63) is 152 Å². The Morgan fingerprint density at radius 3 is 1.61 bits per heavy atom. The van der Waals surface area contributed by atoms with Gasteiger partial charge in [0.25, 0.3) is 23.6 Å². The molecule has 3 heterocycles. The van der Waals surface area contributed by atoms with Gasteiger partial charge in [0.15, 0.2) is 0 Å². The Morgan fingerprint density at radius 1 is 0.667 bits per heavy atom. The number of rotatable bonds is 9. The van der Waals surface area contributed by atoms with Gasteiger partial charge in [-0.2, -0.15) is 4.98 Å². The number of hydrogen-bond acceptors (Lipinski definition) is 9. The van der Waals surface area contributed by atoms with Gasteiger partial charge in [0.05, 0.1) is 33.3 Å². The van der Waals surface area contributed by atoms with Crippen LogP contribution >= 0.6 is 23.2 Å². The van der Waals surface area contributed by atoms with Crippen molar-refractivity contribution in [2.75, 3.05) is 50.9 Å². The Balaban J connectivity index is 0.000000198. The molecule has 15 heteroatoms. The normalized spacial score (nSPS) is 17.8. The molecule has 13 nitrogen and oxygen atoms in total. The summed E-state index contributed by atoms with van der Waals surface area (Å²) in [5.74, 6) is 0.730. The standard InChI is InChI=1S/C27H29ClN6O2.C23H26ClN3O2.CH4/c1-33(19-11-14-34(15-12-19)24-10-13-30-27(29)32-24)26(36)18-7-6-17-8-9-23(21(17)16-18)31-25(35)20-4-2-3-5-22(20)28;1-27(17-10-12-25-13-11-17)23(29)16-7-6-15-8-9-21(19(15)14-16)26-22(28)18-4-2-3-5-20(18)24;/h2-7,10,13,16,19,23H,8-9,11-12,14-15H2,1H3,(H,31,35)(H2,29,30,32);2-7,14,17,21,25H,8-13H2,1H3,(H,26,28);1H4/t23-;21-;/m11./s1. The van der Waals surface area contributed by atoms with E-state index in [-0.39, 0.29) is 61.2 Å². The van der Waals surface area contributed by atoms with Crippen molar-refractivity contribution in [3.8, 4) is 0 Å². The van der Waals surface area contributed by atoms with Crippen molar-refractivity contribution >= 4 is 58.6 Å². The van der Waals surface area contributed by atoms with Crippen molar-refractivity contribution in [1.82, 2.24) is 35.7 Å². The molecular weight excluding hydrogens is 874 g/mol. The van der Waals surface area contributed by atoms with Gasteiger partial charge in [-0.3, -0.25) is 19.2 Å². The smallest absolute Gasteiger partial charge is 0.253 e. The van der Waals surface area contributed by atoms with Gasteiger partial charge in [0, 0.05) is 56.6 Å². The molecule has 4 amide bonds. The van der Waals surface area contributed by atoms with E-state index in [0.29, 0.717) is 32.3 Å². The fraction of sp³-hybridized carbons (Fsp3) is 0.373. The van der Waals surface area contributed by atoms with Gasteiger partial charge in [-0.25, -0.2) is 4.98 Å².